The van der Waals surface area contributed by atoms with E-state index in [0.717, 1.165) is 42.6 Å². The van der Waals surface area contributed by atoms with Gasteiger partial charge in [0, 0.05) is 25.8 Å². The van der Waals surface area contributed by atoms with E-state index < -0.39 is 0 Å². The summed E-state index contributed by atoms with van der Waals surface area (Å²) in [5, 5.41) is 4.19. The van der Waals surface area contributed by atoms with Gasteiger partial charge in [0.25, 0.3) is 0 Å². The summed E-state index contributed by atoms with van der Waals surface area (Å²) >= 11 is 6.41. The van der Waals surface area contributed by atoms with Crippen molar-refractivity contribution >= 4 is 17.4 Å². The second-order valence-electron chi connectivity index (χ2n) is 7.01. The highest BCUT2D eigenvalue weighted by molar-refractivity contribution is 6.33. The van der Waals surface area contributed by atoms with Crippen LogP contribution in [0.15, 0.2) is 12.3 Å². The molecule has 20 heavy (non-hydrogen) atoms. The molecule has 112 valence electrons. The van der Waals surface area contributed by atoms with Crippen molar-refractivity contribution in [3.8, 4) is 0 Å². The average Bonchev–Trinajstić information content (AvgIpc) is 2.69. The molecule has 1 N–H and O–H groups in total. The molecule has 0 atom stereocenters. The summed E-state index contributed by atoms with van der Waals surface area (Å²) in [6, 6.07) is 2.04. The summed E-state index contributed by atoms with van der Waals surface area (Å²) in [7, 11) is 0. The van der Waals surface area contributed by atoms with Crippen molar-refractivity contribution in [2.45, 2.75) is 40.7 Å². The lowest BCUT2D eigenvalue weighted by Gasteiger charge is -2.21. The van der Waals surface area contributed by atoms with Gasteiger partial charge in [-0.05, 0) is 35.9 Å². The molecule has 1 saturated heterocycles. The summed E-state index contributed by atoms with van der Waals surface area (Å²) in [5.41, 5.74) is 1.51. The Hall–Kier alpha value is -0.800. The predicted octanol–water partition coefficient (Wildman–Crippen LogP) is 3.72. The molecule has 0 aliphatic carbocycles. The molecule has 0 unspecified atom stereocenters. The number of nitrogens with zero attached hydrogens (tertiary/aromatic N) is 2. The quantitative estimate of drug-likeness (QED) is 0.897. The number of hydrogen-bond acceptors (Lipinski definition) is 3. The van der Waals surface area contributed by atoms with Crippen molar-refractivity contribution in [1.82, 2.24) is 10.3 Å². The molecule has 0 radical (unpaired) electrons. The summed E-state index contributed by atoms with van der Waals surface area (Å²) in [5.74, 6) is 1.59. The molecule has 0 bridgehead atoms. The topological polar surface area (TPSA) is 28.2 Å². The zero-order chi connectivity index (χ0) is 14.8. The Morgan fingerprint density at radius 1 is 1.45 bits per heavy atom. The van der Waals surface area contributed by atoms with Crippen LogP contribution in [0.1, 0.15) is 39.7 Å². The minimum Gasteiger partial charge on any atom is -0.355 e. The van der Waals surface area contributed by atoms with Crippen molar-refractivity contribution in [2.75, 3.05) is 24.5 Å². The lowest BCUT2D eigenvalue weighted by molar-refractivity contribution is 0.418. The molecule has 1 aromatic heterocycles. The number of halogens is 1. The highest BCUT2D eigenvalue weighted by Gasteiger charge is 2.30. The van der Waals surface area contributed by atoms with Crippen LogP contribution in [0, 0.1) is 11.3 Å². The summed E-state index contributed by atoms with van der Waals surface area (Å²) < 4.78 is 0. The molecule has 2 heterocycles. The predicted molar refractivity (Wildman–Crippen MR) is 86.4 cm³/mol. The van der Waals surface area contributed by atoms with Gasteiger partial charge in [0.15, 0.2) is 0 Å². The molecule has 4 heteroatoms. The summed E-state index contributed by atoms with van der Waals surface area (Å²) in [4.78, 5) is 6.88. The summed E-state index contributed by atoms with van der Waals surface area (Å²) in [6.45, 7) is 12.9. The standard InChI is InChI=1S/C16H26ClN3/c1-12(2)8-18-9-13-7-14(17)15(19-10-13)20-6-5-16(3,4)11-20/h7,10,12,18H,5-6,8-9,11H2,1-4H3. The van der Waals surface area contributed by atoms with Crippen LogP contribution in [-0.2, 0) is 6.54 Å². The molecule has 1 aliphatic heterocycles. The first kappa shape index (κ1) is 15.6. The second-order valence-corrected chi connectivity index (χ2v) is 7.42. The summed E-state index contributed by atoms with van der Waals surface area (Å²) in [6.07, 6.45) is 3.14. The number of hydrogen-bond donors (Lipinski definition) is 1. The van der Waals surface area contributed by atoms with Crippen molar-refractivity contribution < 1.29 is 0 Å². The smallest absolute Gasteiger partial charge is 0.147 e. The number of rotatable bonds is 5. The van der Waals surface area contributed by atoms with Crippen LogP contribution < -0.4 is 10.2 Å². The number of nitrogens with one attached hydrogen (secondary N) is 1. The van der Waals surface area contributed by atoms with E-state index in [1.165, 1.54) is 6.42 Å². The van der Waals surface area contributed by atoms with Gasteiger partial charge in [-0.2, -0.15) is 0 Å². The van der Waals surface area contributed by atoms with Gasteiger partial charge in [-0.3, -0.25) is 0 Å². The van der Waals surface area contributed by atoms with Crippen LogP contribution in [0.3, 0.4) is 0 Å². The van der Waals surface area contributed by atoms with Gasteiger partial charge in [-0.25, -0.2) is 4.98 Å². The maximum absolute atomic E-state index is 6.41. The van der Waals surface area contributed by atoms with Crippen LogP contribution in [-0.4, -0.2) is 24.6 Å². The Labute approximate surface area is 127 Å². The maximum Gasteiger partial charge on any atom is 0.147 e. The van der Waals surface area contributed by atoms with Gasteiger partial charge < -0.3 is 10.2 Å². The van der Waals surface area contributed by atoms with Crippen molar-refractivity contribution in [1.29, 1.82) is 0 Å². The number of aromatic nitrogens is 1. The zero-order valence-electron chi connectivity index (χ0n) is 13.0. The van der Waals surface area contributed by atoms with Crippen LogP contribution in [0.25, 0.3) is 0 Å². The Bertz CT molecular complexity index is 457. The third-order valence-electron chi connectivity index (χ3n) is 3.74. The fraction of sp³-hybridized carbons (Fsp3) is 0.688. The van der Waals surface area contributed by atoms with E-state index in [0.29, 0.717) is 11.3 Å². The zero-order valence-corrected chi connectivity index (χ0v) is 13.8. The first-order chi connectivity index (χ1) is 9.37. The molecule has 0 amide bonds. The fourth-order valence-corrected chi connectivity index (χ4v) is 2.91. The van der Waals surface area contributed by atoms with E-state index in [1.807, 2.05) is 12.3 Å². The number of anilines is 1. The average molecular weight is 296 g/mol. The Balaban J connectivity index is 1.99. The lowest BCUT2D eigenvalue weighted by atomic mass is 9.93. The van der Waals surface area contributed by atoms with Gasteiger partial charge in [0.2, 0.25) is 0 Å². The molecule has 0 saturated carbocycles. The van der Waals surface area contributed by atoms with Gasteiger partial charge in [0.05, 0.1) is 5.02 Å². The van der Waals surface area contributed by atoms with Gasteiger partial charge >= 0.3 is 0 Å². The third kappa shape index (κ3) is 4.10. The van der Waals surface area contributed by atoms with E-state index in [2.05, 4.69) is 42.9 Å². The second kappa shape index (κ2) is 6.31. The third-order valence-corrected chi connectivity index (χ3v) is 4.02. The fourth-order valence-electron chi connectivity index (χ4n) is 2.60. The van der Waals surface area contributed by atoms with E-state index >= 15 is 0 Å². The SMILES string of the molecule is CC(C)CNCc1cnc(N2CCC(C)(C)C2)c(Cl)c1. The Kier molecular flexibility index (Phi) is 4.92. The normalized spacial score (nSPS) is 18.0. The van der Waals surface area contributed by atoms with E-state index in [9.17, 15) is 0 Å². The van der Waals surface area contributed by atoms with Gasteiger partial charge in [-0.1, -0.05) is 39.3 Å². The van der Waals surface area contributed by atoms with Crippen molar-refractivity contribution in [3.63, 3.8) is 0 Å². The van der Waals surface area contributed by atoms with Crippen molar-refractivity contribution in [3.05, 3.63) is 22.8 Å². The first-order valence-corrected chi connectivity index (χ1v) is 7.85. The first-order valence-electron chi connectivity index (χ1n) is 7.47. The molecule has 0 aromatic carbocycles. The van der Waals surface area contributed by atoms with Crippen LogP contribution in [0.5, 0.6) is 0 Å². The van der Waals surface area contributed by atoms with Gasteiger partial charge in [-0.15, -0.1) is 0 Å². The molecular formula is C16H26ClN3. The largest absolute Gasteiger partial charge is 0.355 e. The van der Waals surface area contributed by atoms with Crippen molar-refractivity contribution in [2.24, 2.45) is 11.3 Å². The van der Waals surface area contributed by atoms with E-state index in [-0.39, 0.29) is 0 Å². The van der Waals surface area contributed by atoms with E-state index in [4.69, 9.17) is 11.6 Å². The molecule has 0 spiro atoms. The van der Waals surface area contributed by atoms with E-state index in [1.54, 1.807) is 0 Å². The number of pyridine rings is 1. The highest BCUT2D eigenvalue weighted by atomic mass is 35.5. The Morgan fingerprint density at radius 2 is 2.20 bits per heavy atom. The Morgan fingerprint density at radius 3 is 2.75 bits per heavy atom. The monoisotopic (exact) mass is 295 g/mol. The molecule has 1 fully saturated rings. The highest BCUT2D eigenvalue weighted by Crippen LogP contribution is 2.34. The van der Waals surface area contributed by atoms with Crippen LogP contribution in [0.2, 0.25) is 5.02 Å². The van der Waals surface area contributed by atoms with Crippen LogP contribution in [0.4, 0.5) is 5.82 Å². The maximum atomic E-state index is 6.41. The molecule has 1 aliphatic rings. The molecular weight excluding hydrogens is 270 g/mol. The molecule has 1 aromatic rings. The molecule has 2 rings (SSSR count). The minimum atomic E-state index is 0.364. The van der Waals surface area contributed by atoms with Crippen LogP contribution >= 0.6 is 11.6 Å². The minimum absolute atomic E-state index is 0.364. The lowest BCUT2D eigenvalue weighted by Crippen LogP contribution is -2.24. The molecule has 3 nitrogen and oxygen atoms in total. The van der Waals surface area contributed by atoms with Gasteiger partial charge in [0.1, 0.15) is 5.82 Å².